The van der Waals surface area contributed by atoms with Crippen LogP contribution in [-0.4, -0.2) is 17.8 Å². The molecular formula is C17H26O2. The van der Waals surface area contributed by atoms with Gasteiger partial charge in [0.15, 0.2) is 0 Å². The Morgan fingerprint density at radius 1 is 1.16 bits per heavy atom. The molecule has 0 aromatic heterocycles. The highest BCUT2D eigenvalue weighted by Gasteiger charge is 2.39. The van der Waals surface area contributed by atoms with Crippen molar-refractivity contribution in [1.82, 2.24) is 0 Å². The highest BCUT2D eigenvalue weighted by atomic mass is 16.5. The molecule has 2 heteroatoms. The van der Waals surface area contributed by atoms with Gasteiger partial charge in [0.05, 0.1) is 5.60 Å². The highest BCUT2D eigenvalue weighted by molar-refractivity contribution is 5.26. The lowest BCUT2D eigenvalue weighted by molar-refractivity contribution is -0.125. The van der Waals surface area contributed by atoms with Crippen LogP contribution < -0.4 is 0 Å². The van der Waals surface area contributed by atoms with E-state index in [0.29, 0.717) is 0 Å². The number of aliphatic hydroxyl groups excluding tert-OH is 1. The summed E-state index contributed by atoms with van der Waals surface area (Å²) < 4.78 is 5.72. The third-order valence-electron chi connectivity index (χ3n) is 4.44. The first kappa shape index (κ1) is 14.5. The van der Waals surface area contributed by atoms with Gasteiger partial charge in [-0.3, -0.25) is 0 Å². The topological polar surface area (TPSA) is 29.5 Å². The zero-order valence-electron chi connectivity index (χ0n) is 12.2. The van der Waals surface area contributed by atoms with Crippen LogP contribution in [0.4, 0.5) is 0 Å². The molecule has 1 atom stereocenters. The summed E-state index contributed by atoms with van der Waals surface area (Å²) in [7, 11) is 1.74. The minimum atomic E-state index is -0.506. The fourth-order valence-corrected chi connectivity index (χ4v) is 3.20. The second kappa shape index (κ2) is 6.53. The van der Waals surface area contributed by atoms with Crippen molar-refractivity contribution in [3.63, 3.8) is 0 Å². The lowest BCUT2D eigenvalue weighted by Crippen LogP contribution is -2.40. The van der Waals surface area contributed by atoms with Gasteiger partial charge >= 0.3 is 0 Å². The number of ether oxygens (including phenoxy) is 1. The monoisotopic (exact) mass is 262 g/mol. The summed E-state index contributed by atoms with van der Waals surface area (Å²) in [6.07, 6.45) is 7.23. The average Bonchev–Trinajstić information content (AvgIpc) is 2.48. The van der Waals surface area contributed by atoms with Gasteiger partial charge in [-0.25, -0.2) is 0 Å². The predicted molar refractivity (Wildman–Crippen MR) is 78.2 cm³/mol. The van der Waals surface area contributed by atoms with Crippen molar-refractivity contribution >= 4 is 0 Å². The number of methoxy groups -OCH3 is 1. The van der Waals surface area contributed by atoms with E-state index in [0.717, 1.165) is 44.1 Å². The standard InChI is InChI=1S/C17H26O2/c1-3-7-14-8-10-15(11-9-14)16(18)17(19-2)12-5-4-6-13-17/h8-11,16,18H,3-7,12-13H2,1-2H3. The summed E-state index contributed by atoms with van der Waals surface area (Å²) in [4.78, 5) is 0. The fourth-order valence-electron chi connectivity index (χ4n) is 3.20. The molecule has 0 spiro atoms. The van der Waals surface area contributed by atoms with Gasteiger partial charge in [-0.15, -0.1) is 0 Å². The summed E-state index contributed by atoms with van der Waals surface area (Å²) in [5.74, 6) is 0. The zero-order chi connectivity index (χ0) is 13.7. The van der Waals surface area contributed by atoms with Gasteiger partial charge in [-0.05, 0) is 30.4 Å². The van der Waals surface area contributed by atoms with Crippen LogP contribution in [0.25, 0.3) is 0 Å². The third-order valence-corrected chi connectivity index (χ3v) is 4.44. The van der Waals surface area contributed by atoms with Crippen molar-refractivity contribution in [2.45, 2.75) is 63.6 Å². The van der Waals surface area contributed by atoms with Gasteiger partial charge in [0, 0.05) is 7.11 Å². The van der Waals surface area contributed by atoms with E-state index < -0.39 is 6.10 Å². The first-order chi connectivity index (χ1) is 9.22. The molecule has 2 nitrogen and oxygen atoms in total. The molecule has 1 aliphatic rings. The number of rotatable bonds is 5. The molecule has 106 valence electrons. The number of benzene rings is 1. The Hall–Kier alpha value is -0.860. The maximum Gasteiger partial charge on any atom is 0.108 e. The summed E-state index contributed by atoms with van der Waals surface area (Å²) in [6, 6.07) is 8.39. The lowest BCUT2D eigenvalue weighted by Gasteiger charge is -2.40. The molecule has 0 radical (unpaired) electrons. The van der Waals surface area contributed by atoms with Crippen LogP contribution >= 0.6 is 0 Å². The van der Waals surface area contributed by atoms with E-state index in [2.05, 4.69) is 31.2 Å². The van der Waals surface area contributed by atoms with Gasteiger partial charge in [0.2, 0.25) is 0 Å². The first-order valence-corrected chi connectivity index (χ1v) is 7.54. The van der Waals surface area contributed by atoms with Crippen molar-refractivity contribution < 1.29 is 9.84 Å². The van der Waals surface area contributed by atoms with E-state index >= 15 is 0 Å². The van der Waals surface area contributed by atoms with Crippen LogP contribution in [0.1, 0.15) is 62.7 Å². The maximum absolute atomic E-state index is 10.7. The summed E-state index contributed by atoms with van der Waals surface area (Å²) >= 11 is 0. The van der Waals surface area contributed by atoms with E-state index in [4.69, 9.17) is 4.74 Å². The summed E-state index contributed by atoms with van der Waals surface area (Å²) in [5.41, 5.74) is 1.96. The average molecular weight is 262 g/mol. The molecule has 0 saturated heterocycles. The Balaban J connectivity index is 2.14. The molecule has 1 aliphatic carbocycles. The van der Waals surface area contributed by atoms with Crippen LogP contribution in [0, 0.1) is 0 Å². The molecule has 1 fully saturated rings. The van der Waals surface area contributed by atoms with Crippen LogP contribution in [-0.2, 0) is 11.2 Å². The summed E-state index contributed by atoms with van der Waals surface area (Å²) in [5, 5.41) is 10.7. The summed E-state index contributed by atoms with van der Waals surface area (Å²) in [6.45, 7) is 2.19. The van der Waals surface area contributed by atoms with Crippen molar-refractivity contribution in [1.29, 1.82) is 0 Å². The minimum absolute atomic E-state index is 0.371. The van der Waals surface area contributed by atoms with Crippen LogP contribution in [0.2, 0.25) is 0 Å². The normalized spacial score (nSPS) is 20.2. The second-order valence-corrected chi connectivity index (χ2v) is 5.72. The number of hydrogen-bond donors (Lipinski definition) is 1. The van der Waals surface area contributed by atoms with Gasteiger partial charge in [-0.1, -0.05) is 56.9 Å². The molecule has 1 aromatic rings. The smallest absolute Gasteiger partial charge is 0.108 e. The largest absolute Gasteiger partial charge is 0.385 e. The van der Waals surface area contributed by atoms with E-state index in [1.165, 1.54) is 12.0 Å². The zero-order valence-corrected chi connectivity index (χ0v) is 12.2. The van der Waals surface area contributed by atoms with Gasteiger partial charge in [0.25, 0.3) is 0 Å². The molecule has 0 heterocycles. The van der Waals surface area contributed by atoms with Crippen molar-refractivity contribution in [2.75, 3.05) is 7.11 Å². The number of aryl methyl sites for hydroxylation is 1. The van der Waals surface area contributed by atoms with E-state index in [1.54, 1.807) is 7.11 Å². The van der Waals surface area contributed by atoms with E-state index in [1.807, 2.05) is 0 Å². The van der Waals surface area contributed by atoms with E-state index in [9.17, 15) is 5.11 Å². The fraction of sp³-hybridized carbons (Fsp3) is 0.647. The minimum Gasteiger partial charge on any atom is -0.385 e. The molecule has 1 saturated carbocycles. The first-order valence-electron chi connectivity index (χ1n) is 7.54. The molecule has 19 heavy (non-hydrogen) atoms. The van der Waals surface area contributed by atoms with Crippen molar-refractivity contribution in [3.8, 4) is 0 Å². The Morgan fingerprint density at radius 3 is 2.32 bits per heavy atom. The van der Waals surface area contributed by atoms with Crippen LogP contribution in [0.15, 0.2) is 24.3 Å². The molecule has 2 rings (SSSR count). The molecule has 1 aromatic carbocycles. The third kappa shape index (κ3) is 3.18. The van der Waals surface area contributed by atoms with Crippen LogP contribution in [0.3, 0.4) is 0 Å². The lowest BCUT2D eigenvalue weighted by atomic mass is 9.78. The SMILES string of the molecule is CCCc1ccc(C(O)C2(OC)CCCCC2)cc1. The van der Waals surface area contributed by atoms with Crippen molar-refractivity contribution in [2.24, 2.45) is 0 Å². The maximum atomic E-state index is 10.7. The van der Waals surface area contributed by atoms with Crippen LogP contribution in [0.5, 0.6) is 0 Å². The van der Waals surface area contributed by atoms with E-state index in [-0.39, 0.29) is 5.60 Å². The molecule has 0 amide bonds. The Labute approximate surface area is 116 Å². The molecule has 0 aliphatic heterocycles. The molecule has 1 unspecified atom stereocenters. The van der Waals surface area contributed by atoms with Crippen molar-refractivity contribution in [3.05, 3.63) is 35.4 Å². The molecular weight excluding hydrogens is 236 g/mol. The Morgan fingerprint density at radius 2 is 1.79 bits per heavy atom. The Bertz CT molecular complexity index is 377. The Kier molecular flexibility index (Phi) is 5.00. The number of hydrogen-bond acceptors (Lipinski definition) is 2. The molecule has 0 bridgehead atoms. The molecule has 1 N–H and O–H groups in total. The van der Waals surface area contributed by atoms with Gasteiger partial charge < -0.3 is 9.84 Å². The number of aliphatic hydroxyl groups is 1. The van der Waals surface area contributed by atoms with Gasteiger partial charge in [-0.2, -0.15) is 0 Å². The quantitative estimate of drug-likeness (QED) is 0.868. The van der Waals surface area contributed by atoms with Gasteiger partial charge in [0.1, 0.15) is 6.10 Å². The predicted octanol–water partition coefficient (Wildman–Crippen LogP) is 4.02. The second-order valence-electron chi connectivity index (χ2n) is 5.72. The highest BCUT2D eigenvalue weighted by Crippen LogP contribution is 2.41.